The first-order valence-corrected chi connectivity index (χ1v) is 24.8. The molecule has 0 spiro atoms. The number of aryl methyl sites for hydroxylation is 2. The van der Waals surface area contributed by atoms with Crippen LogP contribution in [0.2, 0.25) is 36.3 Å². The summed E-state index contributed by atoms with van der Waals surface area (Å²) in [4.78, 5) is 0. The highest BCUT2D eigenvalue weighted by Gasteiger charge is 2.43. The van der Waals surface area contributed by atoms with E-state index in [9.17, 15) is 0 Å². The second kappa shape index (κ2) is 16.4. The predicted molar refractivity (Wildman–Crippen MR) is 230 cm³/mol. The Labute approximate surface area is 314 Å². The van der Waals surface area contributed by atoms with Gasteiger partial charge >= 0.3 is 0 Å². The Kier molecular flexibility index (Phi) is 13.8. The van der Waals surface area contributed by atoms with Crippen LogP contribution in [0.3, 0.4) is 0 Å². The van der Waals surface area contributed by atoms with E-state index >= 15 is 0 Å². The highest BCUT2D eigenvalue weighted by atomic mass is 127. The van der Waals surface area contributed by atoms with Crippen LogP contribution in [0.4, 0.5) is 0 Å². The van der Waals surface area contributed by atoms with Crippen molar-refractivity contribution in [2.75, 3.05) is 0 Å². The number of fused-ring (bicyclic) bond motifs is 2. The fourth-order valence-electron chi connectivity index (χ4n) is 5.47. The van der Waals surface area contributed by atoms with E-state index in [0.717, 1.165) is 25.7 Å². The molecule has 5 heteroatoms. The normalized spacial score (nSPS) is 15.3. The van der Waals surface area contributed by atoms with Crippen LogP contribution < -0.4 is 0 Å². The van der Waals surface area contributed by atoms with E-state index in [4.69, 9.17) is 15.3 Å². The molecule has 0 radical (unpaired) electrons. The Balaban J connectivity index is 0.000000266. The lowest BCUT2D eigenvalue weighted by Crippen LogP contribution is -2.48. The molecule has 0 fully saturated rings. The lowest BCUT2D eigenvalue weighted by molar-refractivity contribution is 0.112. The Bertz CT molecular complexity index is 1750. The van der Waals surface area contributed by atoms with Crippen LogP contribution in [0.15, 0.2) is 95.1 Å². The predicted octanol–water partition coefficient (Wildman–Crippen LogP) is 13.7. The van der Waals surface area contributed by atoms with Crippen LogP contribution in [-0.4, -0.2) is 27.8 Å². The van der Waals surface area contributed by atoms with Crippen LogP contribution in [0.5, 0.6) is 0 Å². The third-order valence-corrected chi connectivity index (χ3v) is 20.3. The van der Waals surface area contributed by atoms with Crippen LogP contribution in [0, 0.1) is 12.3 Å². The average molecular weight is 805 g/mol. The van der Waals surface area contributed by atoms with Crippen molar-refractivity contribution in [2.45, 2.75) is 129 Å². The smallest absolute Gasteiger partial charge is 0.194 e. The molecule has 0 N–H and O–H groups in total. The number of rotatable bonds is 11. The number of halogens is 1. The maximum absolute atomic E-state index is 6.79. The minimum Gasteiger partial charge on any atom is -0.408 e. The van der Waals surface area contributed by atoms with E-state index in [1.165, 1.54) is 32.7 Å². The molecule has 0 amide bonds. The third-order valence-electron chi connectivity index (χ3n) is 10.7. The van der Waals surface area contributed by atoms with Gasteiger partial charge in [-0.25, -0.2) is 0 Å². The molecule has 0 saturated carbocycles. The monoisotopic (exact) mass is 804 g/mol. The zero-order chi connectivity index (χ0) is 36.7. The van der Waals surface area contributed by atoms with Crippen molar-refractivity contribution >= 4 is 60.8 Å². The van der Waals surface area contributed by atoms with E-state index in [0.29, 0.717) is 0 Å². The fourth-order valence-corrected chi connectivity index (χ4v) is 9.47. The second-order valence-corrected chi connectivity index (χ2v) is 27.2. The molecular formula is C44H61IO2Si2. The molecule has 2 unspecified atom stereocenters. The topological polar surface area (TPSA) is 18.5 Å². The van der Waals surface area contributed by atoms with Crippen molar-refractivity contribution in [3.05, 3.63) is 106 Å². The molecular weight excluding hydrogens is 744 g/mol. The van der Waals surface area contributed by atoms with Crippen molar-refractivity contribution in [3.63, 3.8) is 0 Å². The molecule has 4 rings (SSSR count). The van der Waals surface area contributed by atoms with Gasteiger partial charge in [-0.1, -0.05) is 155 Å². The maximum atomic E-state index is 6.79. The van der Waals surface area contributed by atoms with E-state index in [-0.39, 0.29) is 15.7 Å². The van der Waals surface area contributed by atoms with Gasteiger partial charge in [-0.15, -0.1) is 6.42 Å². The number of benzene rings is 4. The van der Waals surface area contributed by atoms with Crippen LogP contribution in [0.1, 0.15) is 79.4 Å². The minimum absolute atomic E-state index is 0.161. The Morgan fingerprint density at radius 1 is 0.612 bits per heavy atom. The van der Waals surface area contributed by atoms with Crippen LogP contribution >= 0.6 is 22.6 Å². The molecule has 0 aliphatic rings. The zero-order valence-electron chi connectivity index (χ0n) is 32.3. The van der Waals surface area contributed by atoms with E-state index in [2.05, 4.69) is 205 Å². The summed E-state index contributed by atoms with van der Waals surface area (Å²) in [6.07, 6.45) is 11.9. The van der Waals surface area contributed by atoms with Crippen molar-refractivity contribution in [2.24, 2.45) is 0 Å². The molecule has 0 heterocycles. The molecule has 2 nitrogen and oxygen atoms in total. The summed E-state index contributed by atoms with van der Waals surface area (Å²) in [6.45, 7) is 27.2. The van der Waals surface area contributed by atoms with E-state index in [1.807, 2.05) is 0 Å². The van der Waals surface area contributed by atoms with Gasteiger partial charge < -0.3 is 8.85 Å². The second-order valence-electron chi connectivity index (χ2n) is 17.1. The van der Waals surface area contributed by atoms with Crippen molar-refractivity contribution in [1.29, 1.82) is 0 Å². The maximum Gasteiger partial charge on any atom is 0.194 e. The summed E-state index contributed by atoms with van der Waals surface area (Å²) < 4.78 is 15.4. The SMILES string of the molecule is C#CC(C)(CCc1ccc2ccccc2c1)O[Si](C)(C)C(C)(C)C.CC(/C=C/I)(CCc1ccc2ccccc2c1)O[Si](C)(C)C(C)(C)C. The average Bonchev–Trinajstić information content (AvgIpc) is 3.01. The van der Waals surface area contributed by atoms with Gasteiger partial charge in [0.25, 0.3) is 0 Å². The molecule has 0 aromatic heterocycles. The Hall–Kier alpha value is -2.22. The van der Waals surface area contributed by atoms with Gasteiger partial charge in [0.15, 0.2) is 16.6 Å². The van der Waals surface area contributed by atoms with Crippen LogP contribution in [-0.2, 0) is 21.7 Å². The third kappa shape index (κ3) is 11.7. The van der Waals surface area contributed by atoms with E-state index < -0.39 is 22.2 Å². The van der Waals surface area contributed by atoms with Crippen molar-refractivity contribution in [3.8, 4) is 12.3 Å². The highest BCUT2D eigenvalue weighted by molar-refractivity contribution is 14.1. The van der Waals surface area contributed by atoms with Gasteiger partial charge in [-0.2, -0.15) is 0 Å². The molecule has 49 heavy (non-hydrogen) atoms. The molecule has 264 valence electrons. The minimum atomic E-state index is -1.89. The summed E-state index contributed by atoms with van der Waals surface area (Å²) in [7, 11) is -3.70. The summed E-state index contributed by atoms with van der Waals surface area (Å²) >= 11 is 2.31. The van der Waals surface area contributed by atoms with Crippen molar-refractivity contribution in [1.82, 2.24) is 0 Å². The fraction of sp³-hybridized carbons (Fsp3) is 0.455. The molecule has 0 bridgehead atoms. The number of terminal acetylenes is 1. The Morgan fingerprint density at radius 3 is 1.43 bits per heavy atom. The summed E-state index contributed by atoms with van der Waals surface area (Å²) in [5.41, 5.74) is 1.98. The number of hydrogen-bond acceptors (Lipinski definition) is 2. The summed E-state index contributed by atoms with van der Waals surface area (Å²) in [5, 5.41) is 5.56. The first kappa shape index (κ1) is 41.2. The molecule has 0 aliphatic carbocycles. The van der Waals surface area contributed by atoms with Crippen LogP contribution in [0.25, 0.3) is 21.5 Å². The van der Waals surface area contributed by atoms with E-state index in [1.54, 1.807) is 0 Å². The Morgan fingerprint density at radius 2 is 1.02 bits per heavy atom. The first-order valence-electron chi connectivity index (χ1n) is 17.7. The standard InChI is InChI=1S/C22H31IOSi.C22H30OSi/c1-21(2,3)25(5,6)24-22(4,15-16-23)14-13-18-11-12-19-9-7-8-10-20(19)17-18;1-8-22(5,23-24(6,7)21(2,3)4)16-15-18-13-14-19-11-9-10-12-20(19)17-18/h7-12,15-17H,13-14H2,1-6H3;1,9-14,17H,15-16H2,2-7H3/b16-15+;. The summed E-state index contributed by atoms with van der Waals surface area (Å²) in [5.74, 6) is 2.93. The molecule has 0 aliphatic heterocycles. The quantitative estimate of drug-likeness (QED) is 0.0854. The lowest BCUT2D eigenvalue weighted by atomic mass is 9.96. The lowest BCUT2D eigenvalue weighted by Gasteiger charge is -2.43. The summed E-state index contributed by atoms with van der Waals surface area (Å²) in [6, 6.07) is 30.5. The van der Waals surface area contributed by atoms with Gasteiger partial charge in [0.05, 0.1) is 5.60 Å². The van der Waals surface area contributed by atoms with Gasteiger partial charge in [-0.05, 0) is 119 Å². The zero-order valence-corrected chi connectivity index (χ0v) is 36.5. The van der Waals surface area contributed by atoms with Gasteiger partial charge in [0, 0.05) is 0 Å². The molecule has 4 aromatic rings. The molecule has 4 aromatic carbocycles. The van der Waals surface area contributed by atoms with Gasteiger partial charge in [0.1, 0.15) is 5.60 Å². The molecule has 0 saturated heterocycles. The molecule has 2 atom stereocenters. The van der Waals surface area contributed by atoms with Gasteiger partial charge in [0.2, 0.25) is 0 Å². The van der Waals surface area contributed by atoms with Gasteiger partial charge in [-0.3, -0.25) is 0 Å². The highest BCUT2D eigenvalue weighted by Crippen LogP contribution is 2.41. The largest absolute Gasteiger partial charge is 0.408 e. The number of hydrogen-bond donors (Lipinski definition) is 0. The first-order chi connectivity index (χ1) is 22.6. The van der Waals surface area contributed by atoms with Crippen molar-refractivity contribution < 1.29 is 8.85 Å².